The summed E-state index contributed by atoms with van der Waals surface area (Å²) in [5.74, 6) is -0.494. The predicted octanol–water partition coefficient (Wildman–Crippen LogP) is 21.5. The van der Waals surface area contributed by atoms with Gasteiger partial charge in [-0.2, -0.15) is 0 Å². The van der Waals surface area contributed by atoms with Gasteiger partial charge in [0.15, 0.2) is 0 Å². The van der Waals surface area contributed by atoms with E-state index in [1.807, 2.05) is 33.3 Å². The molecule has 0 radical (unpaired) electrons. The van der Waals surface area contributed by atoms with E-state index < -0.39 is 20.0 Å². The fraction of sp³-hybridized carbons (Fsp3) is 0.884. The highest BCUT2D eigenvalue weighted by atomic mass is 31.2. The highest BCUT2D eigenvalue weighted by Gasteiger charge is 2.30. The third kappa shape index (κ3) is 60.6. The number of hydrogen-bond donors (Lipinski definition) is 2. The van der Waals surface area contributed by atoms with E-state index in [-0.39, 0.29) is 25.1 Å². The molecule has 1 amide bonds. The Balaban J connectivity index is 5.13. The molecule has 0 spiro atoms. The van der Waals surface area contributed by atoms with E-state index in [4.69, 9.17) is 13.8 Å². The molecule has 0 bridgehead atoms. The van der Waals surface area contributed by atoms with Crippen LogP contribution in [0.3, 0.4) is 0 Å². The largest absolute Gasteiger partial charge is 0.472 e. The van der Waals surface area contributed by atoms with Crippen molar-refractivity contribution >= 4 is 19.7 Å². The maximum atomic E-state index is 13.6. The van der Waals surface area contributed by atoms with Crippen molar-refractivity contribution in [2.24, 2.45) is 0 Å². The molecule has 10 heteroatoms. The molecule has 9 nitrogen and oxygen atoms in total. The molecule has 2 N–H and O–H groups in total. The zero-order chi connectivity index (χ0) is 57.9. The van der Waals surface area contributed by atoms with Gasteiger partial charge in [0.1, 0.15) is 19.3 Å². The minimum Gasteiger partial charge on any atom is -0.456 e. The first-order valence-corrected chi connectivity index (χ1v) is 35.8. The van der Waals surface area contributed by atoms with Crippen molar-refractivity contribution in [3.63, 3.8) is 0 Å². The van der Waals surface area contributed by atoms with Crippen LogP contribution in [-0.2, 0) is 27.9 Å². The van der Waals surface area contributed by atoms with Crippen LogP contribution >= 0.6 is 7.82 Å². The van der Waals surface area contributed by atoms with Gasteiger partial charge in [-0.1, -0.05) is 282 Å². The van der Waals surface area contributed by atoms with Crippen LogP contribution in [0.4, 0.5) is 0 Å². The standard InChI is InChI=1S/C69H133N2O7P/c1-7-10-13-16-19-22-25-28-30-32-33-34-35-36-37-39-41-44-47-50-53-56-59-62-69(73)78-67(60-57-54-51-48-45-42-27-24-21-18-15-12-9-3)66(65-77-79(74,75)76-64-63-71(4,5)6)70-68(72)61-58-55-52-49-46-43-40-38-31-29-26-23-20-17-14-11-8-2/h28-31,57,60,66-67H,7-27,32-56,58-59,61-65H2,1-6H3,(H-,70,72,74,75)/p+1/b30-28+,31-29+,60-57-. The van der Waals surface area contributed by atoms with Gasteiger partial charge in [0, 0.05) is 12.8 Å². The average molecular weight is 1130 g/mol. The zero-order valence-corrected chi connectivity index (χ0v) is 54.3. The number of phosphoric acid groups is 1. The fourth-order valence-corrected chi connectivity index (χ4v) is 11.0. The Labute approximate surface area is 491 Å². The number of quaternary nitrogens is 1. The smallest absolute Gasteiger partial charge is 0.456 e. The molecule has 3 atom stereocenters. The van der Waals surface area contributed by atoms with Crippen molar-refractivity contribution in [1.29, 1.82) is 0 Å². The monoisotopic (exact) mass is 1130 g/mol. The molecule has 3 unspecified atom stereocenters. The molecular formula is C69H134N2O7P+. The molecule has 0 heterocycles. The summed E-state index contributed by atoms with van der Waals surface area (Å²) in [6, 6.07) is -0.848. The summed E-state index contributed by atoms with van der Waals surface area (Å²) in [5.41, 5.74) is 0. The molecule has 466 valence electrons. The van der Waals surface area contributed by atoms with Crippen molar-refractivity contribution in [3.05, 3.63) is 36.5 Å². The number of carbonyl (C=O) groups is 2. The molecule has 0 aromatic rings. The van der Waals surface area contributed by atoms with E-state index in [1.165, 1.54) is 250 Å². The van der Waals surface area contributed by atoms with Crippen LogP contribution in [0.15, 0.2) is 36.5 Å². The predicted molar refractivity (Wildman–Crippen MR) is 342 cm³/mol. The number of unbranched alkanes of at least 4 members (excludes halogenated alkanes) is 43. The number of likely N-dealkylation sites (N-methyl/N-ethyl adjacent to an activating group) is 1. The Hall–Kier alpha value is -1.77. The van der Waals surface area contributed by atoms with Gasteiger partial charge in [-0.3, -0.25) is 18.6 Å². The van der Waals surface area contributed by atoms with Gasteiger partial charge in [0.2, 0.25) is 5.91 Å². The maximum Gasteiger partial charge on any atom is 0.472 e. The summed E-state index contributed by atoms with van der Waals surface area (Å²) in [5, 5.41) is 3.07. The van der Waals surface area contributed by atoms with E-state index in [9.17, 15) is 19.0 Å². The lowest BCUT2D eigenvalue weighted by Crippen LogP contribution is -2.47. The third-order valence-corrected chi connectivity index (χ3v) is 16.5. The molecule has 79 heavy (non-hydrogen) atoms. The number of esters is 1. The van der Waals surface area contributed by atoms with Crippen LogP contribution in [0.1, 0.15) is 342 Å². The van der Waals surface area contributed by atoms with Crippen LogP contribution in [0.5, 0.6) is 0 Å². The summed E-state index contributed by atoms with van der Waals surface area (Å²) >= 11 is 0. The third-order valence-electron chi connectivity index (χ3n) is 15.6. The number of amides is 1. The number of phosphoric ester groups is 1. The topological polar surface area (TPSA) is 111 Å². The average Bonchev–Trinajstić information content (AvgIpc) is 3.41. The summed E-state index contributed by atoms with van der Waals surface area (Å²) in [4.78, 5) is 37.8. The second kappa shape index (κ2) is 59.4. The summed E-state index contributed by atoms with van der Waals surface area (Å²) in [7, 11) is 1.51. The van der Waals surface area contributed by atoms with Gasteiger partial charge >= 0.3 is 13.8 Å². The summed E-state index contributed by atoms with van der Waals surface area (Å²) in [6.07, 6.45) is 72.9. The Morgan fingerprint density at radius 3 is 1.08 bits per heavy atom. The van der Waals surface area contributed by atoms with Gasteiger partial charge in [0.25, 0.3) is 0 Å². The minimum absolute atomic E-state index is 0.0416. The molecule has 0 saturated carbocycles. The number of nitrogens with zero attached hydrogens (tertiary/aromatic N) is 1. The summed E-state index contributed by atoms with van der Waals surface area (Å²) < 4.78 is 30.8. The highest BCUT2D eigenvalue weighted by Crippen LogP contribution is 2.43. The molecular weight excluding hydrogens is 1000 g/mol. The van der Waals surface area contributed by atoms with E-state index >= 15 is 0 Å². The Kier molecular flexibility index (Phi) is 58.1. The van der Waals surface area contributed by atoms with Gasteiger partial charge in [-0.25, -0.2) is 4.57 Å². The summed E-state index contributed by atoms with van der Waals surface area (Å²) in [6.45, 7) is 7.05. The lowest BCUT2D eigenvalue weighted by Gasteiger charge is -2.27. The quantitative estimate of drug-likeness (QED) is 0.0205. The van der Waals surface area contributed by atoms with Crippen LogP contribution in [0, 0.1) is 0 Å². The maximum absolute atomic E-state index is 13.6. The lowest BCUT2D eigenvalue weighted by atomic mass is 10.0. The second-order valence-electron chi connectivity index (χ2n) is 24.7. The fourth-order valence-electron chi connectivity index (χ4n) is 10.2. The number of ether oxygens (including phenoxy) is 1. The normalized spacial score (nSPS) is 13.8. The Bertz CT molecular complexity index is 1450. The van der Waals surface area contributed by atoms with E-state index in [0.717, 1.165) is 57.8 Å². The number of carbonyl (C=O) groups excluding carboxylic acids is 2. The van der Waals surface area contributed by atoms with Crippen LogP contribution in [0.25, 0.3) is 0 Å². The zero-order valence-electron chi connectivity index (χ0n) is 53.4. The van der Waals surface area contributed by atoms with Gasteiger partial charge in [-0.05, 0) is 83.1 Å². The Morgan fingerprint density at radius 2 is 0.734 bits per heavy atom. The Morgan fingerprint density at radius 1 is 0.430 bits per heavy atom. The molecule has 0 aliphatic carbocycles. The number of nitrogens with one attached hydrogen (secondary N) is 1. The van der Waals surface area contributed by atoms with E-state index in [1.54, 1.807) is 0 Å². The van der Waals surface area contributed by atoms with Crippen LogP contribution in [0.2, 0.25) is 0 Å². The number of rotatable bonds is 63. The molecule has 0 rings (SSSR count). The number of allylic oxidation sites excluding steroid dienone is 5. The van der Waals surface area contributed by atoms with Crippen molar-refractivity contribution in [1.82, 2.24) is 5.32 Å². The lowest BCUT2D eigenvalue weighted by molar-refractivity contribution is -0.870. The van der Waals surface area contributed by atoms with E-state index in [0.29, 0.717) is 23.9 Å². The van der Waals surface area contributed by atoms with Crippen molar-refractivity contribution in [2.75, 3.05) is 40.9 Å². The molecule has 0 saturated heterocycles. The van der Waals surface area contributed by atoms with Crippen molar-refractivity contribution < 1.29 is 37.3 Å². The first kappa shape index (κ1) is 77.2. The first-order chi connectivity index (χ1) is 38.4. The molecule has 0 aromatic heterocycles. The molecule has 0 aliphatic rings. The molecule has 0 aromatic carbocycles. The van der Waals surface area contributed by atoms with Crippen LogP contribution < -0.4 is 5.32 Å². The molecule has 0 fully saturated rings. The molecule has 0 aliphatic heterocycles. The number of hydrogen-bond acceptors (Lipinski definition) is 6. The van der Waals surface area contributed by atoms with Crippen LogP contribution in [-0.4, -0.2) is 74.3 Å². The van der Waals surface area contributed by atoms with Gasteiger partial charge in [-0.15, -0.1) is 0 Å². The minimum atomic E-state index is -4.45. The van der Waals surface area contributed by atoms with E-state index in [2.05, 4.69) is 50.4 Å². The van der Waals surface area contributed by atoms with Gasteiger partial charge in [0.05, 0.1) is 33.8 Å². The second-order valence-corrected chi connectivity index (χ2v) is 26.1. The van der Waals surface area contributed by atoms with Gasteiger partial charge < -0.3 is 19.4 Å². The van der Waals surface area contributed by atoms with Crippen molar-refractivity contribution in [2.45, 2.75) is 354 Å². The van der Waals surface area contributed by atoms with Crippen molar-refractivity contribution in [3.8, 4) is 0 Å². The first-order valence-electron chi connectivity index (χ1n) is 34.3. The SMILES string of the molecule is CCCCCCCC/C=C/CCCCCCCCCCCCCCCC(=O)OC(/C=C\CCCCCCCCCCCCC)C(COP(=O)(O)OCC[N+](C)(C)C)NC(=O)CCCCCCCCC/C=C/CCCCCCCC. The highest BCUT2D eigenvalue weighted by molar-refractivity contribution is 7.47.